The Balaban J connectivity index is 2.86. The Morgan fingerprint density at radius 3 is 2.91 bits per heavy atom. The van der Waals surface area contributed by atoms with Crippen molar-refractivity contribution in [3.63, 3.8) is 0 Å². The van der Waals surface area contributed by atoms with E-state index in [0.29, 0.717) is 5.15 Å². The van der Waals surface area contributed by atoms with Crippen LogP contribution in [0.15, 0.2) is 12.3 Å². The normalized spacial score (nSPS) is 9.73. The molecule has 0 aliphatic heterocycles. The highest BCUT2D eigenvalue weighted by atomic mass is 35.5. The Bertz CT molecular complexity index is 248. The van der Waals surface area contributed by atoms with Crippen molar-refractivity contribution in [1.82, 2.24) is 4.98 Å². The van der Waals surface area contributed by atoms with E-state index in [0.717, 1.165) is 17.8 Å². The highest BCUT2D eigenvalue weighted by Crippen LogP contribution is 2.15. The monoisotopic (exact) mass is 170 g/mol. The van der Waals surface area contributed by atoms with Crippen LogP contribution < -0.4 is 5.32 Å². The lowest BCUT2D eigenvalue weighted by Gasteiger charge is -2.03. The van der Waals surface area contributed by atoms with Crippen LogP contribution >= 0.6 is 11.6 Å². The van der Waals surface area contributed by atoms with Crippen molar-refractivity contribution in [2.24, 2.45) is 0 Å². The van der Waals surface area contributed by atoms with Gasteiger partial charge in [0.15, 0.2) is 0 Å². The zero-order chi connectivity index (χ0) is 8.27. The fourth-order valence-electron chi connectivity index (χ4n) is 0.859. The largest absolute Gasteiger partial charge is 0.384 e. The Morgan fingerprint density at radius 2 is 2.36 bits per heavy atom. The van der Waals surface area contributed by atoms with Crippen LogP contribution in [0.5, 0.6) is 0 Å². The number of aryl methyl sites for hydroxylation is 1. The first-order chi connectivity index (χ1) is 5.24. The zero-order valence-corrected chi connectivity index (χ0v) is 7.44. The first kappa shape index (κ1) is 8.34. The SMILES string of the molecule is CCNc1cnc(Cl)c(C)c1. The summed E-state index contributed by atoms with van der Waals surface area (Å²) in [5.41, 5.74) is 2.03. The molecule has 0 unspecified atom stereocenters. The summed E-state index contributed by atoms with van der Waals surface area (Å²) in [4.78, 5) is 4.00. The second-order valence-electron chi connectivity index (χ2n) is 2.36. The Kier molecular flexibility index (Phi) is 2.71. The molecule has 2 nitrogen and oxygen atoms in total. The second-order valence-corrected chi connectivity index (χ2v) is 2.72. The number of hydrogen-bond donors (Lipinski definition) is 1. The third-order valence-electron chi connectivity index (χ3n) is 1.40. The van der Waals surface area contributed by atoms with Gasteiger partial charge in [-0.15, -0.1) is 0 Å². The van der Waals surface area contributed by atoms with Crippen LogP contribution in [-0.2, 0) is 0 Å². The van der Waals surface area contributed by atoms with Crippen molar-refractivity contribution >= 4 is 17.3 Å². The van der Waals surface area contributed by atoms with E-state index in [1.54, 1.807) is 6.20 Å². The number of hydrogen-bond acceptors (Lipinski definition) is 2. The van der Waals surface area contributed by atoms with E-state index in [2.05, 4.69) is 10.3 Å². The molecule has 0 radical (unpaired) electrons. The van der Waals surface area contributed by atoms with Gasteiger partial charge in [0.2, 0.25) is 0 Å². The molecule has 0 fully saturated rings. The summed E-state index contributed by atoms with van der Waals surface area (Å²) in [7, 11) is 0. The van der Waals surface area contributed by atoms with Gasteiger partial charge in [-0.2, -0.15) is 0 Å². The van der Waals surface area contributed by atoms with Crippen LogP contribution in [0.25, 0.3) is 0 Å². The van der Waals surface area contributed by atoms with Gasteiger partial charge in [-0.25, -0.2) is 4.98 Å². The lowest BCUT2D eigenvalue weighted by molar-refractivity contribution is 1.18. The average Bonchev–Trinajstić information content (AvgIpc) is 1.98. The summed E-state index contributed by atoms with van der Waals surface area (Å²) < 4.78 is 0. The van der Waals surface area contributed by atoms with Crippen molar-refractivity contribution in [2.45, 2.75) is 13.8 Å². The molecule has 0 spiro atoms. The topological polar surface area (TPSA) is 24.9 Å². The minimum absolute atomic E-state index is 0.576. The molecule has 1 aromatic heterocycles. The van der Waals surface area contributed by atoms with Crippen molar-refractivity contribution in [3.8, 4) is 0 Å². The Labute approximate surface area is 71.6 Å². The molecular formula is C8H11ClN2. The molecule has 0 aliphatic carbocycles. The van der Waals surface area contributed by atoms with Gasteiger partial charge in [-0.3, -0.25) is 0 Å². The number of rotatable bonds is 2. The molecule has 3 heteroatoms. The molecule has 0 amide bonds. The summed E-state index contributed by atoms with van der Waals surface area (Å²) >= 11 is 5.74. The van der Waals surface area contributed by atoms with Gasteiger partial charge in [0.25, 0.3) is 0 Å². The van der Waals surface area contributed by atoms with E-state index in [1.807, 2.05) is 19.9 Å². The standard InChI is InChI=1S/C8H11ClN2/c1-3-10-7-4-6(2)8(9)11-5-7/h4-5,10H,3H2,1-2H3. The minimum atomic E-state index is 0.576. The number of aromatic nitrogens is 1. The number of nitrogens with zero attached hydrogens (tertiary/aromatic N) is 1. The van der Waals surface area contributed by atoms with E-state index < -0.39 is 0 Å². The smallest absolute Gasteiger partial charge is 0.132 e. The van der Waals surface area contributed by atoms with Crippen LogP contribution in [0, 0.1) is 6.92 Å². The van der Waals surface area contributed by atoms with Gasteiger partial charge in [0.05, 0.1) is 11.9 Å². The van der Waals surface area contributed by atoms with E-state index in [4.69, 9.17) is 11.6 Å². The van der Waals surface area contributed by atoms with Gasteiger partial charge in [-0.05, 0) is 25.5 Å². The third-order valence-corrected chi connectivity index (χ3v) is 1.79. The first-order valence-corrected chi connectivity index (χ1v) is 3.98. The van der Waals surface area contributed by atoms with Gasteiger partial charge >= 0.3 is 0 Å². The van der Waals surface area contributed by atoms with Crippen molar-refractivity contribution < 1.29 is 0 Å². The lowest BCUT2D eigenvalue weighted by atomic mass is 10.3. The Hall–Kier alpha value is -0.760. The molecule has 0 bridgehead atoms. The van der Waals surface area contributed by atoms with Gasteiger partial charge < -0.3 is 5.32 Å². The molecule has 1 heterocycles. The molecule has 1 N–H and O–H groups in total. The van der Waals surface area contributed by atoms with Crippen LogP contribution in [0.4, 0.5) is 5.69 Å². The predicted molar refractivity (Wildman–Crippen MR) is 48.1 cm³/mol. The zero-order valence-electron chi connectivity index (χ0n) is 6.69. The minimum Gasteiger partial charge on any atom is -0.384 e. The van der Waals surface area contributed by atoms with E-state index in [1.165, 1.54) is 0 Å². The number of pyridine rings is 1. The van der Waals surface area contributed by atoms with Gasteiger partial charge in [0.1, 0.15) is 5.15 Å². The summed E-state index contributed by atoms with van der Waals surface area (Å²) in [6.07, 6.45) is 1.73. The molecule has 0 aliphatic rings. The van der Waals surface area contributed by atoms with Gasteiger partial charge in [-0.1, -0.05) is 11.6 Å². The van der Waals surface area contributed by atoms with Crippen molar-refractivity contribution in [2.75, 3.05) is 11.9 Å². The molecule has 1 rings (SSSR count). The highest BCUT2D eigenvalue weighted by Gasteiger charge is 1.96. The van der Waals surface area contributed by atoms with E-state index in [-0.39, 0.29) is 0 Å². The summed E-state index contributed by atoms with van der Waals surface area (Å²) in [5.74, 6) is 0. The number of nitrogens with one attached hydrogen (secondary N) is 1. The predicted octanol–water partition coefficient (Wildman–Crippen LogP) is 2.48. The molecule has 0 saturated heterocycles. The van der Waals surface area contributed by atoms with Crippen molar-refractivity contribution in [3.05, 3.63) is 23.0 Å². The van der Waals surface area contributed by atoms with Crippen LogP contribution in [0.1, 0.15) is 12.5 Å². The maximum atomic E-state index is 5.74. The molecule has 1 aromatic rings. The Morgan fingerprint density at radius 1 is 1.64 bits per heavy atom. The van der Waals surface area contributed by atoms with E-state index in [9.17, 15) is 0 Å². The second kappa shape index (κ2) is 3.58. The maximum Gasteiger partial charge on any atom is 0.132 e. The quantitative estimate of drug-likeness (QED) is 0.690. The summed E-state index contributed by atoms with van der Waals surface area (Å²) in [6.45, 7) is 4.89. The van der Waals surface area contributed by atoms with Crippen LogP contribution in [0.2, 0.25) is 5.15 Å². The van der Waals surface area contributed by atoms with Crippen LogP contribution in [0.3, 0.4) is 0 Å². The summed E-state index contributed by atoms with van der Waals surface area (Å²) in [5, 5.41) is 3.73. The number of anilines is 1. The summed E-state index contributed by atoms with van der Waals surface area (Å²) in [6, 6.07) is 1.98. The first-order valence-electron chi connectivity index (χ1n) is 3.60. The fourth-order valence-corrected chi connectivity index (χ4v) is 0.962. The average molecular weight is 171 g/mol. The van der Waals surface area contributed by atoms with Gasteiger partial charge in [0, 0.05) is 6.54 Å². The maximum absolute atomic E-state index is 5.74. The third kappa shape index (κ3) is 2.09. The molecular weight excluding hydrogens is 160 g/mol. The van der Waals surface area contributed by atoms with E-state index >= 15 is 0 Å². The highest BCUT2D eigenvalue weighted by molar-refractivity contribution is 6.30. The fraction of sp³-hybridized carbons (Fsp3) is 0.375. The molecule has 60 valence electrons. The molecule has 11 heavy (non-hydrogen) atoms. The molecule has 0 saturated carbocycles. The number of halogens is 1. The lowest BCUT2D eigenvalue weighted by Crippen LogP contribution is -1.97. The molecule has 0 aromatic carbocycles. The van der Waals surface area contributed by atoms with Crippen molar-refractivity contribution in [1.29, 1.82) is 0 Å². The van der Waals surface area contributed by atoms with Crippen LogP contribution in [-0.4, -0.2) is 11.5 Å². The molecule has 0 atom stereocenters.